The topological polar surface area (TPSA) is 89.5 Å². The standard InChI is InChI=1S/C27H24BrN5O3/c1-35-22-7-4-18(5-8-22)17-36-26-23(25(34)30-15-19-3-2-11-29-14-19)16-31-27(32-26)33-12-10-20-13-21(28)6-9-24(20)33/h2-9,11,13-14,16H,10,12,15,17H2,1H3,(H,30,34). The third-order valence-corrected chi connectivity index (χ3v) is 6.37. The van der Waals surface area contributed by atoms with Gasteiger partial charge in [-0.1, -0.05) is 34.1 Å². The van der Waals surface area contributed by atoms with E-state index in [9.17, 15) is 4.79 Å². The van der Waals surface area contributed by atoms with E-state index < -0.39 is 0 Å². The number of amides is 1. The first-order valence-electron chi connectivity index (χ1n) is 11.5. The summed E-state index contributed by atoms with van der Waals surface area (Å²) in [5.41, 5.74) is 4.35. The molecule has 1 aliphatic heterocycles. The molecule has 4 aromatic rings. The number of hydrogen-bond acceptors (Lipinski definition) is 7. The summed E-state index contributed by atoms with van der Waals surface area (Å²) in [7, 11) is 1.62. The minimum Gasteiger partial charge on any atom is -0.497 e. The molecule has 0 spiro atoms. The molecule has 0 fully saturated rings. The monoisotopic (exact) mass is 545 g/mol. The first-order chi connectivity index (χ1) is 17.6. The fraction of sp³-hybridized carbons (Fsp3) is 0.185. The summed E-state index contributed by atoms with van der Waals surface area (Å²) in [6, 6.07) is 17.4. The van der Waals surface area contributed by atoms with Crippen LogP contribution in [0.15, 0.2) is 77.7 Å². The highest BCUT2D eigenvalue weighted by atomic mass is 79.9. The highest BCUT2D eigenvalue weighted by Crippen LogP contribution is 2.35. The van der Waals surface area contributed by atoms with Gasteiger partial charge >= 0.3 is 0 Å². The average molecular weight is 546 g/mol. The normalized spacial score (nSPS) is 12.2. The van der Waals surface area contributed by atoms with Gasteiger partial charge in [-0.25, -0.2) is 4.98 Å². The quantitative estimate of drug-likeness (QED) is 0.338. The Morgan fingerprint density at radius 3 is 2.75 bits per heavy atom. The van der Waals surface area contributed by atoms with E-state index >= 15 is 0 Å². The number of fused-ring (bicyclic) bond motifs is 1. The second-order valence-electron chi connectivity index (χ2n) is 8.24. The van der Waals surface area contributed by atoms with Gasteiger partial charge in [0, 0.05) is 41.8 Å². The number of methoxy groups -OCH3 is 1. The number of nitrogens with zero attached hydrogens (tertiary/aromatic N) is 4. The van der Waals surface area contributed by atoms with Crippen LogP contribution in [0.4, 0.5) is 11.6 Å². The van der Waals surface area contributed by atoms with Gasteiger partial charge in [0.1, 0.15) is 17.9 Å². The van der Waals surface area contributed by atoms with Gasteiger partial charge in [-0.15, -0.1) is 0 Å². The molecular weight excluding hydrogens is 522 g/mol. The fourth-order valence-electron chi connectivity index (χ4n) is 3.99. The third kappa shape index (κ3) is 5.31. The number of carbonyl (C=O) groups is 1. The summed E-state index contributed by atoms with van der Waals surface area (Å²) >= 11 is 3.54. The number of aromatic nitrogens is 3. The summed E-state index contributed by atoms with van der Waals surface area (Å²) in [4.78, 5) is 28.4. The Balaban J connectivity index is 1.41. The number of anilines is 2. The van der Waals surface area contributed by atoms with E-state index in [1.165, 1.54) is 11.8 Å². The Morgan fingerprint density at radius 2 is 1.97 bits per heavy atom. The Bertz CT molecular complexity index is 1370. The van der Waals surface area contributed by atoms with Crippen LogP contribution in [-0.4, -0.2) is 34.5 Å². The number of ether oxygens (including phenoxy) is 2. The van der Waals surface area contributed by atoms with Crippen molar-refractivity contribution in [2.24, 2.45) is 0 Å². The van der Waals surface area contributed by atoms with Crippen LogP contribution in [0, 0.1) is 0 Å². The van der Waals surface area contributed by atoms with Crippen LogP contribution >= 0.6 is 15.9 Å². The molecule has 2 aromatic carbocycles. The van der Waals surface area contributed by atoms with E-state index in [-0.39, 0.29) is 24.0 Å². The molecule has 0 saturated carbocycles. The first-order valence-corrected chi connectivity index (χ1v) is 12.3. The molecule has 9 heteroatoms. The van der Waals surface area contributed by atoms with Gasteiger partial charge in [0.2, 0.25) is 11.8 Å². The van der Waals surface area contributed by atoms with Crippen molar-refractivity contribution in [3.8, 4) is 11.6 Å². The highest BCUT2D eigenvalue weighted by molar-refractivity contribution is 9.10. The Hall–Kier alpha value is -3.98. The molecule has 0 atom stereocenters. The molecule has 0 aliphatic carbocycles. The molecule has 8 nitrogen and oxygen atoms in total. The van der Waals surface area contributed by atoms with E-state index in [0.717, 1.165) is 40.0 Å². The molecule has 5 rings (SSSR count). The second kappa shape index (κ2) is 10.7. The molecule has 1 aliphatic rings. The van der Waals surface area contributed by atoms with Crippen LogP contribution in [0.2, 0.25) is 0 Å². The molecule has 36 heavy (non-hydrogen) atoms. The van der Waals surface area contributed by atoms with Gasteiger partial charge in [0.15, 0.2) is 0 Å². The molecule has 3 heterocycles. The van der Waals surface area contributed by atoms with E-state index in [4.69, 9.17) is 9.47 Å². The van der Waals surface area contributed by atoms with Gasteiger partial charge in [0.05, 0.1) is 7.11 Å². The van der Waals surface area contributed by atoms with Crippen molar-refractivity contribution in [2.45, 2.75) is 19.6 Å². The summed E-state index contributed by atoms with van der Waals surface area (Å²) in [5.74, 6) is 1.16. The van der Waals surface area contributed by atoms with Crippen molar-refractivity contribution >= 4 is 33.5 Å². The third-order valence-electron chi connectivity index (χ3n) is 5.87. The largest absolute Gasteiger partial charge is 0.497 e. The maximum Gasteiger partial charge on any atom is 0.258 e. The molecule has 0 unspecified atom stereocenters. The lowest BCUT2D eigenvalue weighted by Gasteiger charge is -2.19. The van der Waals surface area contributed by atoms with Crippen molar-refractivity contribution in [1.82, 2.24) is 20.3 Å². The lowest BCUT2D eigenvalue weighted by molar-refractivity contribution is 0.0945. The summed E-state index contributed by atoms with van der Waals surface area (Å²) in [6.07, 6.45) is 5.82. The summed E-state index contributed by atoms with van der Waals surface area (Å²) < 4.78 is 12.3. The molecule has 0 bridgehead atoms. The van der Waals surface area contributed by atoms with Crippen LogP contribution in [0.25, 0.3) is 0 Å². The lowest BCUT2D eigenvalue weighted by Crippen LogP contribution is -2.25. The molecule has 1 N–H and O–H groups in total. The Kier molecular flexibility index (Phi) is 7.08. The predicted octanol–water partition coefficient (Wildman–Crippen LogP) is 4.85. The zero-order valence-corrected chi connectivity index (χ0v) is 21.2. The highest BCUT2D eigenvalue weighted by Gasteiger charge is 2.25. The van der Waals surface area contributed by atoms with Crippen molar-refractivity contribution in [2.75, 3.05) is 18.6 Å². The molecule has 1 amide bonds. The maximum absolute atomic E-state index is 13.1. The fourth-order valence-corrected chi connectivity index (χ4v) is 4.39. The molecule has 2 aromatic heterocycles. The van der Waals surface area contributed by atoms with E-state index in [0.29, 0.717) is 12.5 Å². The first kappa shape index (κ1) is 23.7. The number of pyridine rings is 1. The maximum atomic E-state index is 13.1. The van der Waals surface area contributed by atoms with Gasteiger partial charge < -0.3 is 19.7 Å². The van der Waals surface area contributed by atoms with Gasteiger partial charge in [-0.2, -0.15) is 4.98 Å². The average Bonchev–Trinajstić information content (AvgIpc) is 3.34. The minimum atomic E-state index is -0.319. The molecular formula is C27H24BrN5O3. The number of hydrogen-bond donors (Lipinski definition) is 1. The zero-order valence-electron chi connectivity index (χ0n) is 19.6. The zero-order chi connectivity index (χ0) is 24.9. The van der Waals surface area contributed by atoms with Crippen LogP contribution < -0.4 is 19.7 Å². The van der Waals surface area contributed by atoms with Crippen molar-refractivity contribution in [3.63, 3.8) is 0 Å². The van der Waals surface area contributed by atoms with E-state index in [2.05, 4.69) is 42.3 Å². The smallest absolute Gasteiger partial charge is 0.258 e. The van der Waals surface area contributed by atoms with Crippen LogP contribution in [0.3, 0.4) is 0 Å². The van der Waals surface area contributed by atoms with Crippen molar-refractivity contribution in [3.05, 3.63) is 99.9 Å². The van der Waals surface area contributed by atoms with Gasteiger partial charge in [-0.3, -0.25) is 9.78 Å². The molecule has 0 radical (unpaired) electrons. The Morgan fingerprint density at radius 1 is 1.11 bits per heavy atom. The molecule has 0 saturated heterocycles. The second-order valence-corrected chi connectivity index (χ2v) is 9.16. The number of carbonyl (C=O) groups excluding carboxylic acids is 1. The van der Waals surface area contributed by atoms with Crippen LogP contribution in [0.1, 0.15) is 27.0 Å². The van der Waals surface area contributed by atoms with Crippen LogP contribution in [-0.2, 0) is 19.6 Å². The van der Waals surface area contributed by atoms with Gasteiger partial charge in [-0.05, 0) is 59.5 Å². The SMILES string of the molecule is COc1ccc(COc2nc(N3CCc4cc(Br)ccc43)ncc2C(=O)NCc2cccnc2)cc1. The van der Waals surface area contributed by atoms with Crippen molar-refractivity contribution in [1.29, 1.82) is 0 Å². The number of rotatable bonds is 8. The van der Waals surface area contributed by atoms with E-state index in [1.54, 1.807) is 19.5 Å². The minimum absolute atomic E-state index is 0.227. The van der Waals surface area contributed by atoms with Crippen LogP contribution in [0.5, 0.6) is 11.6 Å². The van der Waals surface area contributed by atoms with Gasteiger partial charge in [0.25, 0.3) is 5.91 Å². The number of benzene rings is 2. The summed E-state index contributed by atoms with van der Waals surface area (Å²) in [5, 5.41) is 2.91. The predicted molar refractivity (Wildman–Crippen MR) is 140 cm³/mol. The Labute approximate surface area is 217 Å². The molecule has 182 valence electrons. The number of halogens is 1. The van der Waals surface area contributed by atoms with Crippen molar-refractivity contribution < 1.29 is 14.3 Å². The lowest BCUT2D eigenvalue weighted by atomic mass is 10.2. The number of nitrogens with one attached hydrogen (secondary N) is 1. The summed E-state index contributed by atoms with van der Waals surface area (Å²) in [6.45, 7) is 1.32. The van der Waals surface area contributed by atoms with E-state index in [1.807, 2.05) is 53.4 Å².